The van der Waals surface area contributed by atoms with Gasteiger partial charge in [-0.05, 0) is 38.1 Å². The van der Waals surface area contributed by atoms with Crippen molar-refractivity contribution in [1.82, 2.24) is 10.6 Å². The lowest BCUT2D eigenvalue weighted by molar-refractivity contribution is -0.122. The molecule has 1 atom stereocenters. The molecule has 0 aromatic carbocycles. The van der Waals surface area contributed by atoms with Crippen molar-refractivity contribution in [3.63, 3.8) is 0 Å². The fourth-order valence-corrected chi connectivity index (χ4v) is 2.82. The van der Waals surface area contributed by atoms with E-state index in [0.29, 0.717) is 5.92 Å². The summed E-state index contributed by atoms with van der Waals surface area (Å²) in [5.74, 6) is 0.226. The van der Waals surface area contributed by atoms with Gasteiger partial charge in [-0.3, -0.25) is 4.79 Å². The number of alkyl carbamates (subject to hydrolysis) is 1. The molecule has 0 aliphatic rings. The highest BCUT2D eigenvalue weighted by atomic mass is 32.1. The van der Waals surface area contributed by atoms with E-state index in [4.69, 9.17) is 4.74 Å². The van der Waals surface area contributed by atoms with Crippen LogP contribution in [0.3, 0.4) is 0 Å². The Labute approximate surface area is 136 Å². The highest BCUT2D eigenvalue weighted by molar-refractivity contribution is 7.10. The second-order valence-corrected chi connectivity index (χ2v) is 7.46. The maximum absolute atomic E-state index is 12.0. The summed E-state index contributed by atoms with van der Waals surface area (Å²) >= 11 is 1.63. The van der Waals surface area contributed by atoms with Gasteiger partial charge in [0.05, 0.1) is 6.04 Å². The molecular weight excluding hydrogens is 300 g/mol. The molecule has 1 heterocycles. The van der Waals surface area contributed by atoms with Crippen LogP contribution >= 0.6 is 11.3 Å². The molecule has 2 amide bonds. The molecule has 6 heteroatoms. The molecule has 0 aliphatic carbocycles. The van der Waals surface area contributed by atoms with Crippen molar-refractivity contribution in [2.75, 3.05) is 6.54 Å². The minimum Gasteiger partial charge on any atom is -0.444 e. The average Bonchev–Trinajstić information content (AvgIpc) is 2.86. The van der Waals surface area contributed by atoms with Crippen LogP contribution < -0.4 is 10.6 Å². The van der Waals surface area contributed by atoms with Crippen molar-refractivity contribution in [3.05, 3.63) is 22.4 Å². The summed E-state index contributed by atoms with van der Waals surface area (Å²) in [6.07, 6.45) is -0.271. The lowest BCUT2D eigenvalue weighted by atomic mass is 10.0. The van der Waals surface area contributed by atoms with Gasteiger partial charge >= 0.3 is 6.09 Å². The first kappa shape index (κ1) is 18.5. The number of carbonyl (C=O) groups excluding carboxylic acids is 2. The highest BCUT2D eigenvalue weighted by Gasteiger charge is 2.19. The molecule has 5 nitrogen and oxygen atoms in total. The van der Waals surface area contributed by atoms with Crippen LogP contribution in [0.15, 0.2) is 17.5 Å². The van der Waals surface area contributed by atoms with Gasteiger partial charge in [-0.15, -0.1) is 11.3 Å². The first-order valence-corrected chi connectivity index (χ1v) is 8.36. The number of hydrogen-bond donors (Lipinski definition) is 2. The van der Waals surface area contributed by atoms with E-state index in [1.807, 2.05) is 17.5 Å². The van der Waals surface area contributed by atoms with E-state index >= 15 is 0 Å². The molecule has 0 radical (unpaired) electrons. The number of ether oxygens (including phenoxy) is 1. The quantitative estimate of drug-likeness (QED) is 0.841. The molecule has 0 bridgehead atoms. The van der Waals surface area contributed by atoms with E-state index in [2.05, 4.69) is 24.5 Å². The second-order valence-electron chi connectivity index (χ2n) is 6.48. The Bertz CT molecular complexity index is 478. The predicted molar refractivity (Wildman–Crippen MR) is 88.9 cm³/mol. The molecule has 0 unspecified atom stereocenters. The highest BCUT2D eigenvalue weighted by Crippen LogP contribution is 2.25. The topological polar surface area (TPSA) is 67.4 Å². The summed E-state index contributed by atoms with van der Waals surface area (Å²) in [6.45, 7) is 9.80. The fourth-order valence-electron chi connectivity index (χ4n) is 1.87. The molecule has 1 aromatic heterocycles. The largest absolute Gasteiger partial charge is 0.444 e. The Balaban J connectivity index is 2.38. The van der Waals surface area contributed by atoms with Gasteiger partial charge < -0.3 is 15.4 Å². The lowest BCUT2D eigenvalue weighted by Crippen LogP contribution is -2.36. The number of rotatable bonds is 6. The molecule has 0 fully saturated rings. The van der Waals surface area contributed by atoms with Gasteiger partial charge in [0.1, 0.15) is 5.60 Å². The van der Waals surface area contributed by atoms with Crippen molar-refractivity contribution in [1.29, 1.82) is 0 Å². The van der Waals surface area contributed by atoms with Crippen molar-refractivity contribution in [2.45, 2.75) is 52.7 Å². The van der Waals surface area contributed by atoms with Crippen LogP contribution in [-0.2, 0) is 9.53 Å². The smallest absolute Gasteiger partial charge is 0.407 e. The van der Waals surface area contributed by atoms with Crippen LogP contribution in [0.5, 0.6) is 0 Å². The molecule has 0 saturated heterocycles. The van der Waals surface area contributed by atoms with E-state index in [1.54, 1.807) is 32.1 Å². The fraction of sp³-hybridized carbons (Fsp3) is 0.625. The van der Waals surface area contributed by atoms with Gasteiger partial charge in [-0.1, -0.05) is 19.9 Å². The van der Waals surface area contributed by atoms with Crippen molar-refractivity contribution < 1.29 is 14.3 Å². The third-order valence-corrected chi connectivity index (χ3v) is 3.81. The van der Waals surface area contributed by atoms with Crippen molar-refractivity contribution >= 4 is 23.3 Å². The average molecular weight is 326 g/mol. The van der Waals surface area contributed by atoms with Crippen LogP contribution in [0.25, 0.3) is 0 Å². The van der Waals surface area contributed by atoms with Gasteiger partial charge in [-0.2, -0.15) is 0 Å². The molecule has 124 valence electrons. The van der Waals surface area contributed by atoms with Crippen LogP contribution in [0.4, 0.5) is 4.79 Å². The third kappa shape index (κ3) is 6.93. The van der Waals surface area contributed by atoms with E-state index in [0.717, 1.165) is 4.88 Å². The van der Waals surface area contributed by atoms with Crippen molar-refractivity contribution in [2.24, 2.45) is 5.92 Å². The van der Waals surface area contributed by atoms with E-state index in [9.17, 15) is 9.59 Å². The van der Waals surface area contributed by atoms with Gasteiger partial charge in [0.15, 0.2) is 0 Å². The van der Waals surface area contributed by atoms with Crippen LogP contribution in [-0.4, -0.2) is 24.1 Å². The molecular formula is C16H26N2O3S. The number of nitrogens with one attached hydrogen (secondary N) is 2. The Kier molecular flexibility index (Phi) is 6.87. The zero-order valence-corrected chi connectivity index (χ0v) is 14.8. The molecule has 2 N–H and O–H groups in total. The molecule has 1 aromatic rings. The number of carbonyl (C=O) groups is 2. The molecule has 0 spiro atoms. The molecule has 1 rings (SSSR count). The Morgan fingerprint density at radius 2 is 2.00 bits per heavy atom. The van der Waals surface area contributed by atoms with E-state index < -0.39 is 11.7 Å². The van der Waals surface area contributed by atoms with Gasteiger partial charge in [0.2, 0.25) is 5.91 Å². The summed E-state index contributed by atoms with van der Waals surface area (Å²) in [5, 5.41) is 7.61. The first-order chi connectivity index (χ1) is 10.2. The Morgan fingerprint density at radius 3 is 2.50 bits per heavy atom. The summed E-state index contributed by atoms with van der Waals surface area (Å²) in [5.41, 5.74) is -0.533. The molecule has 22 heavy (non-hydrogen) atoms. The summed E-state index contributed by atoms with van der Waals surface area (Å²) < 4.78 is 5.12. The Morgan fingerprint density at radius 1 is 1.32 bits per heavy atom. The zero-order chi connectivity index (χ0) is 16.8. The van der Waals surface area contributed by atoms with Crippen molar-refractivity contribution in [3.8, 4) is 0 Å². The molecule has 0 saturated carbocycles. The number of hydrogen-bond acceptors (Lipinski definition) is 4. The third-order valence-electron chi connectivity index (χ3n) is 2.85. The minimum absolute atomic E-state index is 0.00836. The Hall–Kier alpha value is -1.56. The second kappa shape index (κ2) is 8.17. The first-order valence-electron chi connectivity index (χ1n) is 7.48. The SMILES string of the molecule is CC(C)[C@H](NC(=O)CCNC(=O)OC(C)(C)C)c1cccs1. The van der Waals surface area contributed by atoms with E-state index in [1.165, 1.54) is 0 Å². The van der Waals surface area contributed by atoms with Gasteiger partial charge in [0, 0.05) is 17.8 Å². The van der Waals surface area contributed by atoms with Crippen LogP contribution in [0, 0.1) is 5.92 Å². The van der Waals surface area contributed by atoms with Gasteiger partial charge in [0.25, 0.3) is 0 Å². The maximum Gasteiger partial charge on any atom is 0.407 e. The van der Waals surface area contributed by atoms with Crippen LogP contribution in [0.1, 0.15) is 52.0 Å². The number of thiophene rings is 1. The molecule has 0 aliphatic heterocycles. The lowest BCUT2D eigenvalue weighted by Gasteiger charge is -2.22. The monoisotopic (exact) mass is 326 g/mol. The minimum atomic E-state index is -0.533. The van der Waals surface area contributed by atoms with E-state index in [-0.39, 0.29) is 24.9 Å². The summed E-state index contributed by atoms with van der Waals surface area (Å²) in [7, 11) is 0. The zero-order valence-electron chi connectivity index (χ0n) is 13.9. The maximum atomic E-state index is 12.0. The summed E-state index contributed by atoms with van der Waals surface area (Å²) in [6, 6.07) is 4.01. The number of amides is 2. The van der Waals surface area contributed by atoms with Gasteiger partial charge in [-0.25, -0.2) is 4.79 Å². The predicted octanol–water partition coefficient (Wildman–Crippen LogP) is 3.48. The standard InChI is InChI=1S/C16H26N2O3S/c1-11(2)14(12-7-6-10-22-12)18-13(19)8-9-17-15(20)21-16(3,4)5/h6-7,10-11,14H,8-9H2,1-5H3,(H,17,20)(H,18,19)/t14-/m0/s1. The van der Waals surface area contributed by atoms with Crippen LogP contribution in [0.2, 0.25) is 0 Å². The normalized spacial score (nSPS) is 12.8. The summed E-state index contributed by atoms with van der Waals surface area (Å²) in [4.78, 5) is 24.7.